The number of hydrogen-bond donors (Lipinski definition) is 1. The molecule has 0 unspecified atom stereocenters. The smallest absolute Gasteiger partial charge is 0.307 e. The minimum absolute atomic E-state index is 0.0347. The second-order valence-electron chi connectivity index (χ2n) is 4.93. The summed E-state index contributed by atoms with van der Waals surface area (Å²) in [5, 5.41) is 10.0. The van der Waals surface area contributed by atoms with Gasteiger partial charge in [0.1, 0.15) is 0 Å². The molecule has 0 heterocycles. The third-order valence-corrected chi connectivity index (χ3v) is 5.90. The quantitative estimate of drug-likeness (QED) is 0.761. The van der Waals surface area contributed by atoms with Crippen molar-refractivity contribution in [1.82, 2.24) is 0 Å². The highest BCUT2D eigenvalue weighted by atomic mass is 79.9. The number of carboxylic acid groups (broad SMARTS) is 1. The van der Waals surface area contributed by atoms with E-state index in [9.17, 15) is 4.79 Å². The van der Waals surface area contributed by atoms with Gasteiger partial charge in [-0.2, -0.15) is 0 Å². The van der Waals surface area contributed by atoms with Gasteiger partial charge in [-0.1, -0.05) is 29.8 Å². The Morgan fingerprint density at radius 1 is 1.62 bits per heavy atom. The monoisotopic (exact) mass is 246 g/mol. The van der Waals surface area contributed by atoms with E-state index in [-0.39, 0.29) is 16.7 Å². The summed E-state index contributed by atoms with van der Waals surface area (Å²) in [4.78, 5) is 11.0. The van der Waals surface area contributed by atoms with Gasteiger partial charge in [-0.3, -0.25) is 4.79 Å². The molecule has 0 saturated heterocycles. The number of halogens is 1. The predicted octanol–water partition coefficient (Wildman–Crippen LogP) is 2.52. The van der Waals surface area contributed by atoms with Crippen molar-refractivity contribution in [2.24, 2.45) is 22.7 Å². The molecule has 3 fully saturated rings. The van der Waals surface area contributed by atoms with Crippen LogP contribution in [0.1, 0.15) is 26.7 Å². The van der Waals surface area contributed by atoms with Gasteiger partial charge in [-0.05, 0) is 29.6 Å². The Morgan fingerprint density at radius 2 is 2.23 bits per heavy atom. The first-order valence-corrected chi connectivity index (χ1v) is 5.88. The molecule has 2 bridgehead atoms. The standard InChI is InChI=1S/C10H15BrO2/c1-9-4-3-6(7(9)8(12)13)10(9,2)5-11/h6-7H,3-5H2,1-2H3,(H,12,13)/t6-,7-,9-,10-/m0/s1. The van der Waals surface area contributed by atoms with Gasteiger partial charge in [0.15, 0.2) is 0 Å². The van der Waals surface area contributed by atoms with Gasteiger partial charge >= 0.3 is 5.97 Å². The van der Waals surface area contributed by atoms with Crippen LogP contribution >= 0.6 is 15.9 Å². The lowest BCUT2D eigenvalue weighted by Crippen LogP contribution is -2.60. The summed E-state index contributed by atoms with van der Waals surface area (Å²) in [7, 11) is 0. The molecule has 0 aromatic heterocycles. The Kier molecular flexibility index (Phi) is 1.83. The molecule has 3 saturated carbocycles. The fraction of sp³-hybridized carbons (Fsp3) is 0.900. The Labute approximate surface area is 86.8 Å². The molecule has 4 atom stereocenters. The second kappa shape index (κ2) is 2.50. The lowest BCUT2D eigenvalue weighted by molar-refractivity contribution is -0.176. The van der Waals surface area contributed by atoms with E-state index in [0.29, 0.717) is 5.92 Å². The van der Waals surface area contributed by atoms with Crippen molar-refractivity contribution in [2.75, 3.05) is 5.33 Å². The Morgan fingerprint density at radius 3 is 2.54 bits per heavy atom. The van der Waals surface area contributed by atoms with Crippen molar-refractivity contribution in [3.63, 3.8) is 0 Å². The maximum atomic E-state index is 11.0. The van der Waals surface area contributed by atoms with Crippen LogP contribution in [0.25, 0.3) is 0 Å². The molecule has 1 N–H and O–H groups in total. The van der Waals surface area contributed by atoms with E-state index >= 15 is 0 Å². The number of carboxylic acids is 1. The third kappa shape index (κ3) is 0.821. The van der Waals surface area contributed by atoms with Crippen molar-refractivity contribution >= 4 is 21.9 Å². The Hall–Kier alpha value is -0.0500. The van der Waals surface area contributed by atoms with Gasteiger partial charge in [-0.15, -0.1) is 0 Å². The summed E-state index contributed by atoms with van der Waals surface area (Å²) in [6.07, 6.45) is 2.17. The number of alkyl halides is 1. The maximum Gasteiger partial charge on any atom is 0.307 e. The normalized spacial score (nSPS) is 53.2. The van der Waals surface area contributed by atoms with E-state index in [2.05, 4.69) is 29.8 Å². The molecule has 3 aliphatic rings. The maximum absolute atomic E-state index is 11.0. The summed E-state index contributed by atoms with van der Waals surface area (Å²) < 4.78 is 0. The summed E-state index contributed by atoms with van der Waals surface area (Å²) in [5.74, 6) is -0.284. The first-order valence-electron chi connectivity index (χ1n) is 4.76. The zero-order chi connectivity index (χ0) is 9.85. The van der Waals surface area contributed by atoms with E-state index < -0.39 is 5.97 Å². The molecule has 3 heteroatoms. The third-order valence-electron chi connectivity index (χ3n) is 4.73. The van der Waals surface area contributed by atoms with Crippen LogP contribution in [-0.4, -0.2) is 16.4 Å². The van der Waals surface area contributed by atoms with E-state index in [4.69, 9.17) is 5.11 Å². The van der Waals surface area contributed by atoms with Crippen LogP contribution in [0.2, 0.25) is 0 Å². The molecule has 0 aromatic carbocycles. The molecule has 3 rings (SSSR count). The van der Waals surface area contributed by atoms with Crippen LogP contribution in [0.5, 0.6) is 0 Å². The number of aliphatic carboxylic acids is 1. The number of fused-ring (bicyclic) bond motifs is 1. The molecule has 0 aromatic rings. The second-order valence-corrected chi connectivity index (χ2v) is 5.49. The molecule has 2 nitrogen and oxygen atoms in total. The predicted molar refractivity (Wildman–Crippen MR) is 53.9 cm³/mol. The topological polar surface area (TPSA) is 37.3 Å². The van der Waals surface area contributed by atoms with Gasteiger partial charge < -0.3 is 5.11 Å². The van der Waals surface area contributed by atoms with E-state index in [1.165, 1.54) is 0 Å². The van der Waals surface area contributed by atoms with Crippen molar-refractivity contribution in [1.29, 1.82) is 0 Å². The van der Waals surface area contributed by atoms with Crippen LogP contribution in [0.4, 0.5) is 0 Å². The first-order chi connectivity index (χ1) is 5.97. The Balaban J connectivity index is 2.32. The average Bonchev–Trinajstić information content (AvgIpc) is 2.54. The lowest BCUT2D eigenvalue weighted by atomic mass is 9.45. The van der Waals surface area contributed by atoms with Crippen LogP contribution in [0, 0.1) is 22.7 Å². The summed E-state index contributed by atoms with van der Waals surface area (Å²) in [6.45, 7) is 4.36. The number of hydrogen-bond acceptors (Lipinski definition) is 1. The van der Waals surface area contributed by atoms with Gasteiger partial charge in [0, 0.05) is 5.33 Å². The minimum atomic E-state index is -0.594. The first kappa shape index (κ1) is 9.50. The highest BCUT2D eigenvalue weighted by molar-refractivity contribution is 9.09. The SMILES string of the molecule is C[C@]12CC[C@@H]([C@H]1C(=O)O)[C@]2(C)CBr. The zero-order valence-corrected chi connectivity index (χ0v) is 9.60. The van der Waals surface area contributed by atoms with Crippen molar-refractivity contribution in [3.05, 3.63) is 0 Å². The van der Waals surface area contributed by atoms with Crippen LogP contribution < -0.4 is 0 Å². The van der Waals surface area contributed by atoms with Gasteiger partial charge in [0.05, 0.1) is 5.92 Å². The van der Waals surface area contributed by atoms with E-state index in [1.807, 2.05) is 0 Å². The molecule has 74 valence electrons. The van der Waals surface area contributed by atoms with Crippen LogP contribution in [0.15, 0.2) is 0 Å². The van der Waals surface area contributed by atoms with Crippen molar-refractivity contribution < 1.29 is 9.90 Å². The lowest BCUT2D eigenvalue weighted by Gasteiger charge is -2.59. The zero-order valence-electron chi connectivity index (χ0n) is 8.01. The molecule has 0 radical (unpaired) electrons. The van der Waals surface area contributed by atoms with E-state index in [0.717, 1.165) is 18.2 Å². The fourth-order valence-corrected chi connectivity index (χ4v) is 4.63. The number of rotatable bonds is 2. The Bertz CT molecular complexity index is 266. The van der Waals surface area contributed by atoms with Crippen LogP contribution in [0.3, 0.4) is 0 Å². The average molecular weight is 247 g/mol. The van der Waals surface area contributed by atoms with Crippen LogP contribution in [-0.2, 0) is 4.79 Å². The van der Waals surface area contributed by atoms with Gasteiger partial charge in [0.2, 0.25) is 0 Å². The highest BCUT2D eigenvalue weighted by Crippen LogP contribution is 2.74. The minimum Gasteiger partial charge on any atom is -0.481 e. The molecule has 13 heavy (non-hydrogen) atoms. The molecule has 0 amide bonds. The van der Waals surface area contributed by atoms with E-state index in [1.54, 1.807) is 0 Å². The van der Waals surface area contributed by atoms with Gasteiger partial charge in [-0.25, -0.2) is 0 Å². The highest BCUT2D eigenvalue weighted by Gasteiger charge is 2.72. The summed E-state index contributed by atoms with van der Waals surface area (Å²) in [5.41, 5.74) is 0.253. The number of carbonyl (C=O) groups is 1. The van der Waals surface area contributed by atoms with Crippen molar-refractivity contribution in [3.8, 4) is 0 Å². The molecule has 3 aliphatic carbocycles. The van der Waals surface area contributed by atoms with Crippen molar-refractivity contribution in [2.45, 2.75) is 26.7 Å². The molecular weight excluding hydrogens is 232 g/mol. The molecular formula is C10H15BrO2. The fourth-order valence-electron chi connectivity index (χ4n) is 3.57. The van der Waals surface area contributed by atoms with Gasteiger partial charge in [0.25, 0.3) is 0 Å². The summed E-state index contributed by atoms with van der Waals surface area (Å²) >= 11 is 3.52. The summed E-state index contributed by atoms with van der Waals surface area (Å²) in [6, 6.07) is 0. The largest absolute Gasteiger partial charge is 0.481 e. The molecule has 0 aliphatic heterocycles. The molecule has 0 spiro atoms.